The molecule has 0 amide bonds. The molecule has 0 bridgehead atoms. The van der Waals surface area contributed by atoms with Crippen LogP contribution in [-0.2, 0) is 16.2 Å². The summed E-state index contributed by atoms with van der Waals surface area (Å²) in [6, 6.07) is 102. The molecule has 0 heterocycles. The van der Waals surface area contributed by atoms with E-state index in [4.69, 9.17) is 0 Å². The fraction of sp³-hybridized carbons (Fsp3) is 0.327. The molecule has 0 N–H and O–H groups in total. The Hall–Kier alpha value is -9.96. The highest BCUT2D eigenvalue weighted by atomic mass is 15.2. The van der Waals surface area contributed by atoms with Crippen LogP contribution in [0.4, 0.5) is 34.1 Å². The molecule has 0 saturated heterocycles. The minimum absolute atomic E-state index is 0.00345. The van der Waals surface area contributed by atoms with Gasteiger partial charge in [-0.15, -0.1) is 0 Å². The maximum atomic E-state index is 2.62. The highest BCUT2D eigenvalue weighted by molar-refractivity contribution is 5.89. The molecule has 110 heavy (non-hydrogen) atoms. The van der Waals surface area contributed by atoms with Crippen LogP contribution < -0.4 is 14.7 Å². The second-order valence-electron chi connectivity index (χ2n) is 37.2. The topological polar surface area (TPSA) is 9.72 Å². The number of fused-ring (bicyclic) bond motifs is 9. The molecule has 3 heteroatoms. The van der Waals surface area contributed by atoms with E-state index in [1.54, 1.807) is 0 Å². The number of anilines is 6. The lowest BCUT2D eigenvalue weighted by Crippen LogP contribution is -2.38. The van der Waals surface area contributed by atoms with Crippen LogP contribution >= 0.6 is 0 Å². The Bertz CT molecular complexity index is 5290. The quantitative estimate of drug-likeness (QED) is 0.121. The summed E-state index contributed by atoms with van der Waals surface area (Å²) in [5.41, 5.74) is 37.2. The van der Waals surface area contributed by atoms with E-state index in [0.717, 1.165) is 0 Å². The maximum Gasteiger partial charge on any atom is 0.0454 e. The Morgan fingerprint density at radius 3 is 0.709 bits per heavy atom. The van der Waals surface area contributed by atoms with E-state index in [1.807, 2.05) is 0 Å². The molecule has 3 saturated carbocycles. The van der Waals surface area contributed by atoms with Crippen LogP contribution in [0.3, 0.4) is 0 Å². The van der Waals surface area contributed by atoms with Crippen LogP contribution in [0.1, 0.15) is 242 Å². The molecule has 12 aromatic carbocycles. The number of nitrogens with zero attached hydrogens (tertiary/aromatic N) is 3. The second-order valence-corrected chi connectivity index (χ2v) is 37.2. The molecule has 0 spiro atoms. The van der Waals surface area contributed by atoms with Crippen LogP contribution in [0.5, 0.6) is 0 Å². The molecular formula is C107H115N3. The van der Waals surface area contributed by atoms with Crippen LogP contribution in [0.15, 0.2) is 273 Å². The van der Waals surface area contributed by atoms with E-state index >= 15 is 0 Å². The summed E-state index contributed by atoms with van der Waals surface area (Å²) >= 11 is 0. The molecule has 6 aliphatic carbocycles. The van der Waals surface area contributed by atoms with Gasteiger partial charge in [0.15, 0.2) is 0 Å². The van der Waals surface area contributed by atoms with Crippen molar-refractivity contribution in [2.45, 2.75) is 225 Å². The first-order valence-electron chi connectivity index (χ1n) is 41.5. The molecule has 18 rings (SSSR count). The average molecular weight is 1440 g/mol. The zero-order valence-corrected chi connectivity index (χ0v) is 68.3. The summed E-state index contributed by atoms with van der Waals surface area (Å²) in [5.74, 6) is 1.91. The SMILES string of the molecule is CC1(C)c2ccccc2-c2cc(C3CC3)c(N(c3ccc(-c4ccccc4)cc3)C(C)(C)C)cc21.CC1(C)c2ccccc2-c2cc(C3CCCC3)c(N(c3ccc(-c4ccccc4)cc3)C(C)(C)C)cc21.CC1(C)c2ccccc2-c2cc(C3CCCCC3)c(N(c3ccc(-c4ccccc4)cc3)C(C)(C)C)cc21. The minimum atomic E-state index is -0.0679. The van der Waals surface area contributed by atoms with E-state index in [9.17, 15) is 0 Å². The summed E-state index contributed by atoms with van der Waals surface area (Å²) < 4.78 is 0. The van der Waals surface area contributed by atoms with Crippen molar-refractivity contribution in [2.75, 3.05) is 14.7 Å². The van der Waals surface area contributed by atoms with Crippen molar-refractivity contribution >= 4 is 34.1 Å². The third kappa shape index (κ3) is 14.0. The molecule has 12 aromatic rings. The Labute approximate surface area is 659 Å². The summed E-state index contributed by atoms with van der Waals surface area (Å²) in [7, 11) is 0. The standard InChI is InChI=1S/C37H41N.C36H39N.C34H35N/c1-36(2,3)38(29-22-20-27(21-23-29)26-14-8-6-9-15-26)35-25-34-32(24-31(35)28-16-10-7-11-17-28)30-18-12-13-19-33(30)37(34,4)5;1-35(2,3)37(28-21-19-26(20-22-28)25-13-7-6-8-14-25)34-24-33-31(23-30(34)27-15-9-10-16-27)29-17-11-12-18-32(29)36(33,4)5;1-33(2,3)35(26-19-17-24(18-20-26)23-11-7-6-8-12-23)32-22-31-29(21-28(32)25-15-16-25)27-13-9-10-14-30(27)34(31,4)5/h6,8-9,12-15,18-25,28H,7,10-11,16-17H2,1-5H3;6-8,11-14,17-24,27H,9-10,15-16H2,1-5H3;6-14,17-22,25H,15-16H2,1-5H3. The summed E-state index contributed by atoms with van der Waals surface area (Å²) in [6.45, 7) is 35.5. The molecule has 0 aromatic heterocycles. The van der Waals surface area contributed by atoms with Crippen molar-refractivity contribution in [1.82, 2.24) is 0 Å². The maximum absolute atomic E-state index is 2.62. The fourth-order valence-corrected chi connectivity index (χ4v) is 19.8. The molecule has 3 nitrogen and oxygen atoms in total. The molecule has 0 radical (unpaired) electrons. The summed E-state index contributed by atoms with van der Waals surface area (Å²) in [4.78, 5) is 7.80. The van der Waals surface area contributed by atoms with Gasteiger partial charge in [-0.1, -0.05) is 274 Å². The Morgan fingerprint density at radius 1 is 0.227 bits per heavy atom. The number of hydrogen-bond acceptors (Lipinski definition) is 3. The third-order valence-corrected chi connectivity index (χ3v) is 25.5. The van der Waals surface area contributed by atoms with Gasteiger partial charge < -0.3 is 14.7 Å². The molecule has 3 fully saturated rings. The van der Waals surface area contributed by atoms with Crippen molar-refractivity contribution in [1.29, 1.82) is 0 Å². The zero-order valence-electron chi connectivity index (χ0n) is 68.3. The largest absolute Gasteiger partial charge is 0.336 e. The van der Waals surface area contributed by atoms with Gasteiger partial charge in [0, 0.05) is 67.0 Å². The Kier molecular flexibility index (Phi) is 19.6. The van der Waals surface area contributed by atoms with Crippen LogP contribution in [0, 0.1) is 0 Å². The predicted octanol–water partition coefficient (Wildman–Crippen LogP) is 30.4. The molecule has 6 aliphatic rings. The van der Waals surface area contributed by atoms with E-state index in [-0.39, 0.29) is 32.9 Å². The van der Waals surface area contributed by atoms with Crippen molar-refractivity contribution in [3.05, 3.63) is 323 Å². The molecule has 0 unspecified atom stereocenters. The van der Waals surface area contributed by atoms with Crippen molar-refractivity contribution in [3.63, 3.8) is 0 Å². The van der Waals surface area contributed by atoms with Gasteiger partial charge in [0.1, 0.15) is 0 Å². The Balaban J connectivity index is 0.000000125. The first-order chi connectivity index (χ1) is 52.7. The van der Waals surface area contributed by atoms with Crippen LogP contribution in [0.2, 0.25) is 0 Å². The summed E-state index contributed by atoms with van der Waals surface area (Å²) in [5, 5.41) is 0. The number of benzene rings is 12. The number of rotatable bonds is 12. The smallest absolute Gasteiger partial charge is 0.0454 e. The van der Waals surface area contributed by atoms with E-state index in [2.05, 4.69) is 392 Å². The first-order valence-corrected chi connectivity index (χ1v) is 41.5. The summed E-state index contributed by atoms with van der Waals surface area (Å²) in [6.07, 6.45) is 14.5. The van der Waals surface area contributed by atoms with E-state index in [1.165, 1.54) is 222 Å². The van der Waals surface area contributed by atoms with Gasteiger partial charge in [0.05, 0.1) is 0 Å². The normalized spacial score (nSPS) is 16.4. The molecule has 0 atom stereocenters. The highest BCUT2D eigenvalue weighted by Crippen LogP contribution is 2.59. The van der Waals surface area contributed by atoms with Gasteiger partial charge in [-0.25, -0.2) is 0 Å². The minimum Gasteiger partial charge on any atom is -0.336 e. The van der Waals surface area contributed by atoms with Crippen LogP contribution in [0.25, 0.3) is 66.8 Å². The first kappa shape index (κ1) is 74.1. The molecule has 558 valence electrons. The van der Waals surface area contributed by atoms with Crippen molar-refractivity contribution in [3.8, 4) is 66.8 Å². The van der Waals surface area contributed by atoms with Gasteiger partial charge in [0.25, 0.3) is 0 Å². The molecular weight excluding hydrogens is 1330 g/mol. The zero-order chi connectivity index (χ0) is 76.7. The van der Waals surface area contributed by atoms with Crippen molar-refractivity contribution < 1.29 is 0 Å². The lowest BCUT2D eigenvalue weighted by molar-refractivity contribution is 0.442. The van der Waals surface area contributed by atoms with Crippen LogP contribution in [-0.4, -0.2) is 16.6 Å². The Morgan fingerprint density at radius 2 is 0.455 bits per heavy atom. The average Bonchev–Trinajstić information content (AvgIpc) is 1.57. The third-order valence-electron chi connectivity index (χ3n) is 25.5. The van der Waals surface area contributed by atoms with Gasteiger partial charge >= 0.3 is 0 Å². The van der Waals surface area contributed by atoms with E-state index < -0.39 is 0 Å². The lowest BCUT2D eigenvalue weighted by atomic mass is 9.78. The predicted molar refractivity (Wildman–Crippen MR) is 472 cm³/mol. The molecule has 0 aliphatic heterocycles. The van der Waals surface area contributed by atoms with Gasteiger partial charge in [-0.3, -0.25) is 0 Å². The second kappa shape index (κ2) is 29.0. The highest BCUT2D eigenvalue weighted by Gasteiger charge is 2.43. The van der Waals surface area contributed by atoms with E-state index in [0.29, 0.717) is 17.8 Å². The number of hydrogen-bond donors (Lipinski definition) is 0. The van der Waals surface area contributed by atoms with Crippen molar-refractivity contribution in [2.24, 2.45) is 0 Å². The van der Waals surface area contributed by atoms with Gasteiger partial charge in [0.2, 0.25) is 0 Å². The lowest BCUT2D eigenvalue weighted by Gasteiger charge is -2.41. The van der Waals surface area contributed by atoms with Gasteiger partial charge in [-0.2, -0.15) is 0 Å². The fourth-order valence-electron chi connectivity index (χ4n) is 19.8. The monoisotopic (exact) mass is 1440 g/mol. The van der Waals surface area contributed by atoms with Gasteiger partial charge in [-0.05, 0) is 308 Å².